The second kappa shape index (κ2) is 13.2. The lowest BCUT2D eigenvalue weighted by molar-refractivity contribution is -0.194. The average molecular weight is 756 g/mol. The van der Waals surface area contributed by atoms with Gasteiger partial charge in [-0.1, -0.05) is 24.3 Å². The third-order valence-corrected chi connectivity index (χ3v) is 12.8. The third-order valence-electron chi connectivity index (χ3n) is 11.4. The number of nitrogens with zero attached hydrogens (tertiary/aromatic N) is 4. The van der Waals surface area contributed by atoms with E-state index in [-0.39, 0.29) is 65.7 Å². The van der Waals surface area contributed by atoms with Gasteiger partial charge in [-0.25, -0.2) is 22.9 Å². The van der Waals surface area contributed by atoms with Crippen LogP contribution < -0.4 is 9.46 Å². The van der Waals surface area contributed by atoms with Crippen molar-refractivity contribution in [2.45, 2.75) is 108 Å². The minimum Gasteiger partial charge on any atom is -0.475 e. The van der Waals surface area contributed by atoms with Gasteiger partial charge in [-0.3, -0.25) is 4.79 Å². The van der Waals surface area contributed by atoms with E-state index in [0.29, 0.717) is 31.4 Å². The van der Waals surface area contributed by atoms with Gasteiger partial charge in [0.05, 0.1) is 28.2 Å². The van der Waals surface area contributed by atoms with E-state index >= 15 is 0 Å². The molecule has 1 atom stereocenters. The van der Waals surface area contributed by atoms with Crippen molar-refractivity contribution in [3.05, 3.63) is 65.2 Å². The molecule has 1 spiro atoms. The second-order valence-electron chi connectivity index (χ2n) is 15.6. The van der Waals surface area contributed by atoms with Crippen molar-refractivity contribution >= 4 is 28.0 Å². The van der Waals surface area contributed by atoms with Crippen LogP contribution in [-0.4, -0.2) is 84.2 Å². The number of aryl methyl sites for hydroxylation is 2. The van der Waals surface area contributed by atoms with Crippen LogP contribution in [0, 0.1) is 24.7 Å². The van der Waals surface area contributed by atoms with Crippen LogP contribution in [0.2, 0.25) is 0 Å². The lowest BCUT2D eigenvalue weighted by Crippen LogP contribution is -2.64. The number of carbonyl (C=O) groups is 2. The average Bonchev–Trinajstić information content (AvgIpc) is 3.83. The molecule has 53 heavy (non-hydrogen) atoms. The Hall–Kier alpha value is -4.40. The molecule has 3 aromatic rings. The van der Waals surface area contributed by atoms with Gasteiger partial charge in [0, 0.05) is 36.3 Å². The van der Waals surface area contributed by atoms with E-state index in [1.54, 1.807) is 31.9 Å². The molecule has 1 aromatic heterocycles. The molecule has 2 amide bonds. The zero-order valence-corrected chi connectivity index (χ0v) is 31.2. The van der Waals surface area contributed by atoms with E-state index in [0.717, 1.165) is 16.7 Å². The Morgan fingerprint density at radius 2 is 1.72 bits per heavy atom. The fraction of sp³-hybridized carbons (Fsp3) is 0.526. The molecule has 11 nitrogen and oxygen atoms in total. The molecule has 1 aliphatic heterocycles. The first-order chi connectivity index (χ1) is 24.9. The second-order valence-corrected chi connectivity index (χ2v) is 17.3. The first kappa shape index (κ1) is 36.9. The quantitative estimate of drug-likeness (QED) is 0.278. The minimum absolute atomic E-state index is 0.0291. The number of hydrogen-bond acceptors (Lipinski definition) is 8. The summed E-state index contributed by atoms with van der Waals surface area (Å²) in [5.41, 5.74) is 0.704. The first-order valence-electron chi connectivity index (χ1n) is 17.9. The predicted molar refractivity (Wildman–Crippen MR) is 190 cm³/mol. The largest absolute Gasteiger partial charge is 0.475 e. The molecule has 3 saturated carbocycles. The van der Waals surface area contributed by atoms with Crippen LogP contribution in [0.1, 0.15) is 80.3 Å². The molecular formula is C38H44F3N5O6S. The molecule has 15 heteroatoms. The standard InChI is InChI=1S/C38H44F3N5O6S/c1-22(2)52-35(48)45(5)26-16-36(17-26)18-27(19-36)46-28(20-37(12-13-37)38(39,40)41)21-51-31-15-30(32-23(3)8-6-9-24(32)4)42-34(43-31)44-53(49,50)29-11-7-10-25(14-29)33(46)47/h6-11,14-15,22,26-28H,12-13,16-21H2,1-5H3,(H,42,43,44)/t26-,27-,28-,36?/m1/s1. The Balaban J connectivity index is 1.26. The molecule has 0 unspecified atom stereocenters. The first-order valence-corrected chi connectivity index (χ1v) is 19.4. The van der Waals surface area contributed by atoms with Crippen LogP contribution in [0.25, 0.3) is 11.3 Å². The number of amides is 2. The highest BCUT2D eigenvalue weighted by Crippen LogP contribution is 2.62. The Morgan fingerprint density at radius 3 is 2.34 bits per heavy atom. The normalized spacial score (nSPS) is 25.8. The maximum atomic E-state index is 14.6. The molecule has 3 fully saturated rings. The van der Waals surface area contributed by atoms with E-state index in [9.17, 15) is 31.2 Å². The number of ether oxygens (including phenoxy) is 2. The number of aromatic nitrogens is 2. The van der Waals surface area contributed by atoms with Crippen LogP contribution in [0.3, 0.4) is 0 Å². The number of anilines is 1. The van der Waals surface area contributed by atoms with Gasteiger partial charge in [0.15, 0.2) is 0 Å². The van der Waals surface area contributed by atoms with Crippen LogP contribution >= 0.6 is 0 Å². The predicted octanol–water partition coefficient (Wildman–Crippen LogP) is 7.29. The smallest absolute Gasteiger partial charge is 0.410 e. The Morgan fingerprint density at radius 1 is 1.06 bits per heavy atom. The summed E-state index contributed by atoms with van der Waals surface area (Å²) in [6, 6.07) is 11.2. The molecule has 1 N–H and O–H groups in total. The summed E-state index contributed by atoms with van der Waals surface area (Å²) in [7, 11) is -2.62. The third kappa shape index (κ3) is 7.04. The van der Waals surface area contributed by atoms with Gasteiger partial charge in [-0.05, 0) is 107 Å². The zero-order chi connectivity index (χ0) is 38.1. The highest BCUT2D eigenvalue weighted by Gasteiger charge is 2.65. The molecule has 2 heterocycles. The summed E-state index contributed by atoms with van der Waals surface area (Å²) in [5, 5.41) is 0. The molecule has 3 aliphatic carbocycles. The molecule has 7 rings (SSSR count). The number of fused-ring (bicyclic) bond motifs is 4. The number of rotatable bonds is 6. The number of benzene rings is 2. The number of nitrogens with one attached hydrogen (secondary N) is 1. The minimum atomic E-state index is -4.49. The van der Waals surface area contributed by atoms with Crippen molar-refractivity contribution in [3.63, 3.8) is 0 Å². The van der Waals surface area contributed by atoms with Crippen molar-refractivity contribution < 1.29 is 40.7 Å². The molecule has 284 valence electrons. The monoisotopic (exact) mass is 755 g/mol. The highest BCUT2D eigenvalue weighted by atomic mass is 32.2. The van der Waals surface area contributed by atoms with Crippen molar-refractivity contribution in [3.8, 4) is 17.1 Å². The van der Waals surface area contributed by atoms with Crippen LogP contribution in [-0.2, 0) is 14.8 Å². The van der Waals surface area contributed by atoms with Crippen LogP contribution in [0.4, 0.5) is 23.9 Å². The number of alkyl halides is 3. The van der Waals surface area contributed by atoms with E-state index < -0.39 is 45.7 Å². The lowest BCUT2D eigenvalue weighted by Gasteiger charge is -2.62. The topological polar surface area (TPSA) is 131 Å². The number of halogens is 3. The van der Waals surface area contributed by atoms with Crippen molar-refractivity contribution in [1.29, 1.82) is 0 Å². The van der Waals surface area contributed by atoms with Gasteiger partial charge in [0.1, 0.15) is 6.61 Å². The summed E-state index contributed by atoms with van der Waals surface area (Å²) in [4.78, 5) is 38.9. The Bertz CT molecular complexity index is 2020. The van der Waals surface area contributed by atoms with Crippen molar-refractivity contribution in [2.24, 2.45) is 10.8 Å². The van der Waals surface area contributed by atoms with Gasteiger partial charge < -0.3 is 19.3 Å². The van der Waals surface area contributed by atoms with Gasteiger partial charge >= 0.3 is 12.3 Å². The van der Waals surface area contributed by atoms with Gasteiger partial charge in [-0.2, -0.15) is 18.2 Å². The van der Waals surface area contributed by atoms with E-state index in [4.69, 9.17) is 9.47 Å². The fourth-order valence-electron chi connectivity index (χ4n) is 8.39. The SMILES string of the molecule is Cc1cccc(C)c1-c1cc2nc(n1)NS(=O)(=O)c1cccc(c1)C(=O)N([C@H]1CC3(C[C@H](N(C)C(=O)OC(C)C)C3)C1)[C@H](CC1(C(F)(F)F)CC1)CO2. The van der Waals surface area contributed by atoms with Gasteiger partial charge in [0.25, 0.3) is 15.9 Å². The molecule has 4 aliphatic rings. The Labute approximate surface area is 307 Å². The van der Waals surface area contributed by atoms with E-state index in [2.05, 4.69) is 14.7 Å². The van der Waals surface area contributed by atoms with Crippen LogP contribution in [0.15, 0.2) is 53.4 Å². The fourth-order valence-corrected chi connectivity index (χ4v) is 9.38. The summed E-state index contributed by atoms with van der Waals surface area (Å²) >= 11 is 0. The molecule has 0 saturated heterocycles. The molecule has 2 aromatic carbocycles. The number of sulfonamides is 1. The van der Waals surface area contributed by atoms with E-state index in [1.165, 1.54) is 29.2 Å². The zero-order valence-electron chi connectivity index (χ0n) is 30.4. The lowest BCUT2D eigenvalue weighted by atomic mass is 9.51. The summed E-state index contributed by atoms with van der Waals surface area (Å²) in [6.45, 7) is 7.02. The highest BCUT2D eigenvalue weighted by molar-refractivity contribution is 7.92. The number of carbonyl (C=O) groups excluding carboxylic acids is 2. The molecular weight excluding hydrogens is 712 g/mol. The Kier molecular flexibility index (Phi) is 9.18. The maximum absolute atomic E-state index is 14.6. The van der Waals surface area contributed by atoms with Crippen molar-refractivity contribution in [2.75, 3.05) is 18.4 Å². The molecule has 4 bridgehead atoms. The van der Waals surface area contributed by atoms with Gasteiger partial charge in [0.2, 0.25) is 11.8 Å². The summed E-state index contributed by atoms with van der Waals surface area (Å²) in [5.74, 6) is -0.893. The maximum Gasteiger partial charge on any atom is 0.410 e. The summed E-state index contributed by atoms with van der Waals surface area (Å²) in [6.07, 6.45) is -3.28. The van der Waals surface area contributed by atoms with Crippen molar-refractivity contribution in [1.82, 2.24) is 19.8 Å². The van der Waals surface area contributed by atoms with Gasteiger partial charge in [-0.15, -0.1) is 0 Å². The molecule has 0 radical (unpaired) electrons. The van der Waals surface area contributed by atoms with E-state index in [1.807, 2.05) is 32.0 Å². The number of hydrogen-bond donors (Lipinski definition) is 1. The summed E-state index contributed by atoms with van der Waals surface area (Å²) < 4.78 is 85.2. The van der Waals surface area contributed by atoms with Crippen LogP contribution in [0.5, 0.6) is 5.88 Å².